The lowest BCUT2D eigenvalue weighted by Gasteiger charge is -2.11. The van der Waals surface area contributed by atoms with Gasteiger partial charge in [-0.2, -0.15) is 0 Å². The Morgan fingerprint density at radius 2 is 2.00 bits per heavy atom. The molecule has 1 saturated carbocycles. The van der Waals surface area contributed by atoms with Crippen molar-refractivity contribution < 1.29 is 12.8 Å². The fraction of sp³-hybridized carbons (Fsp3) is 0.571. The van der Waals surface area contributed by atoms with E-state index in [1.807, 2.05) is 0 Å². The zero-order chi connectivity index (χ0) is 14.8. The molecule has 0 unspecified atom stereocenters. The molecule has 0 aromatic heterocycles. The number of anilines is 1. The van der Waals surface area contributed by atoms with Crippen molar-refractivity contribution in [3.8, 4) is 0 Å². The van der Waals surface area contributed by atoms with E-state index < -0.39 is 15.8 Å². The molecule has 0 heterocycles. The first-order valence-electron chi connectivity index (χ1n) is 6.95. The highest BCUT2D eigenvalue weighted by Crippen LogP contribution is 2.27. The number of sulfonamides is 1. The first-order chi connectivity index (χ1) is 9.40. The maximum Gasteiger partial charge on any atom is 0.240 e. The van der Waals surface area contributed by atoms with Crippen LogP contribution in [0.4, 0.5) is 10.1 Å². The molecule has 1 aliphatic rings. The van der Waals surface area contributed by atoms with Gasteiger partial charge in [-0.15, -0.1) is 0 Å². The largest absolute Gasteiger partial charge is 0.398 e. The summed E-state index contributed by atoms with van der Waals surface area (Å²) in [6.07, 6.45) is 5.65. The van der Waals surface area contributed by atoms with Crippen LogP contribution in [0.5, 0.6) is 0 Å². The lowest BCUT2D eigenvalue weighted by molar-refractivity contribution is 0.495. The Labute approximate surface area is 119 Å². The molecule has 0 amide bonds. The predicted molar refractivity (Wildman–Crippen MR) is 77.3 cm³/mol. The number of halogens is 1. The second kappa shape index (κ2) is 6.10. The van der Waals surface area contributed by atoms with Gasteiger partial charge in [-0.05, 0) is 31.4 Å². The van der Waals surface area contributed by atoms with Gasteiger partial charge in [0.05, 0.1) is 4.90 Å². The van der Waals surface area contributed by atoms with Crippen LogP contribution in [-0.4, -0.2) is 15.0 Å². The van der Waals surface area contributed by atoms with Crippen LogP contribution in [0.3, 0.4) is 0 Å². The van der Waals surface area contributed by atoms with E-state index >= 15 is 0 Å². The summed E-state index contributed by atoms with van der Waals surface area (Å²) in [5, 5.41) is 0. The smallest absolute Gasteiger partial charge is 0.240 e. The van der Waals surface area contributed by atoms with E-state index in [4.69, 9.17) is 5.73 Å². The molecule has 0 aliphatic heterocycles. The number of rotatable bonds is 5. The Balaban J connectivity index is 2.02. The van der Waals surface area contributed by atoms with Crippen molar-refractivity contribution in [3.63, 3.8) is 0 Å². The third kappa shape index (κ3) is 3.49. The minimum atomic E-state index is -3.68. The van der Waals surface area contributed by atoms with E-state index in [1.54, 1.807) is 0 Å². The molecule has 0 radical (unpaired) electrons. The van der Waals surface area contributed by atoms with Crippen molar-refractivity contribution >= 4 is 15.7 Å². The maximum atomic E-state index is 13.6. The lowest BCUT2D eigenvalue weighted by atomic mass is 10.1. The van der Waals surface area contributed by atoms with E-state index in [0.717, 1.165) is 12.5 Å². The molecule has 6 heteroatoms. The van der Waals surface area contributed by atoms with Crippen LogP contribution in [0.2, 0.25) is 0 Å². The van der Waals surface area contributed by atoms with Gasteiger partial charge < -0.3 is 5.73 Å². The average molecular weight is 300 g/mol. The van der Waals surface area contributed by atoms with Crippen LogP contribution in [0.25, 0.3) is 0 Å². The molecule has 112 valence electrons. The Morgan fingerprint density at radius 1 is 1.35 bits per heavy atom. The first kappa shape index (κ1) is 15.3. The summed E-state index contributed by atoms with van der Waals surface area (Å²) < 4.78 is 40.3. The summed E-state index contributed by atoms with van der Waals surface area (Å²) in [6, 6.07) is 2.32. The zero-order valence-corrected chi connectivity index (χ0v) is 12.5. The maximum absolute atomic E-state index is 13.6. The van der Waals surface area contributed by atoms with Gasteiger partial charge in [0.2, 0.25) is 10.0 Å². The molecule has 4 nitrogen and oxygen atoms in total. The summed E-state index contributed by atoms with van der Waals surface area (Å²) in [5.74, 6) is 0.0127. The van der Waals surface area contributed by atoms with E-state index in [2.05, 4.69) is 4.72 Å². The van der Waals surface area contributed by atoms with Crippen LogP contribution >= 0.6 is 0 Å². The van der Waals surface area contributed by atoms with Crippen molar-refractivity contribution in [1.29, 1.82) is 0 Å². The fourth-order valence-electron chi connectivity index (χ4n) is 2.61. The van der Waals surface area contributed by atoms with Crippen molar-refractivity contribution in [3.05, 3.63) is 23.5 Å². The van der Waals surface area contributed by atoms with Crippen molar-refractivity contribution in [1.82, 2.24) is 4.72 Å². The normalized spacial score (nSPS) is 16.7. The molecule has 1 fully saturated rings. The number of hydrogen-bond acceptors (Lipinski definition) is 3. The minimum absolute atomic E-state index is 0.107. The standard InChI is InChI=1S/C14H21FN2O2S/c1-10-13(15)8-12(9-14(10)16)20(18,19)17-7-6-11-4-2-3-5-11/h8-9,11,17H,2-7,16H2,1H3. The highest BCUT2D eigenvalue weighted by molar-refractivity contribution is 7.89. The Bertz CT molecular complexity index is 558. The van der Waals surface area contributed by atoms with Crippen LogP contribution in [0, 0.1) is 18.7 Å². The molecule has 2 rings (SSSR count). The van der Waals surface area contributed by atoms with Crippen LogP contribution in [-0.2, 0) is 10.0 Å². The number of hydrogen-bond donors (Lipinski definition) is 2. The molecular formula is C14H21FN2O2S. The summed E-state index contributed by atoms with van der Waals surface area (Å²) in [5.41, 5.74) is 6.04. The highest BCUT2D eigenvalue weighted by Gasteiger charge is 2.19. The lowest BCUT2D eigenvalue weighted by Crippen LogP contribution is -2.26. The van der Waals surface area contributed by atoms with E-state index in [1.165, 1.54) is 38.7 Å². The zero-order valence-electron chi connectivity index (χ0n) is 11.7. The second-order valence-electron chi connectivity index (χ2n) is 5.46. The molecule has 0 saturated heterocycles. The molecule has 20 heavy (non-hydrogen) atoms. The summed E-state index contributed by atoms with van der Waals surface area (Å²) in [6.45, 7) is 1.91. The Morgan fingerprint density at radius 3 is 2.60 bits per heavy atom. The third-order valence-corrected chi connectivity index (χ3v) is 5.43. The molecule has 0 spiro atoms. The molecule has 3 N–H and O–H groups in total. The summed E-state index contributed by atoms with van der Waals surface area (Å²) in [7, 11) is -3.68. The predicted octanol–water partition coefficient (Wildman–Crippen LogP) is 2.57. The van der Waals surface area contributed by atoms with Crippen molar-refractivity contribution in [2.24, 2.45) is 5.92 Å². The number of benzene rings is 1. The van der Waals surface area contributed by atoms with E-state index in [-0.39, 0.29) is 16.1 Å². The summed E-state index contributed by atoms with van der Waals surface area (Å²) >= 11 is 0. The van der Waals surface area contributed by atoms with Crippen molar-refractivity contribution in [2.45, 2.75) is 43.9 Å². The van der Waals surface area contributed by atoms with Crippen LogP contribution < -0.4 is 10.5 Å². The van der Waals surface area contributed by atoms with Crippen molar-refractivity contribution in [2.75, 3.05) is 12.3 Å². The molecule has 0 bridgehead atoms. The topological polar surface area (TPSA) is 72.2 Å². The third-order valence-electron chi connectivity index (χ3n) is 3.99. The summed E-state index contributed by atoms with van der Waals surface area (Å²) in [4.78, 5) is -0.107. The van der Waals surface area contributed by atoms with Crippen LogP contribution in [0.1, 0.15) is 37.7 Å². The highest BCUT2D eigenvalue weighted by atomic mass is 32.2. The average Bonchev–Trinajstić information content (AvgIpc) is 2.88. The quantitative estimate of drug-likeness (QED) is 0.821. The van der Waals surface area contributed by atoms with Gasteiger partial charge in [-0.3, -0.25) is 0 Å². The van der Waals surface area contributed by atoms with Gasteiger partial charge in [0.25, 0.3) is 0 Å². The van der Waals surface area contributed by atoms with Gasteiger partial charge in [0.15, 0.2) is 0 Å². The molecule has 1 aromatic carbocycles. The van der Waals surface area contributed by atoms with Gasteiger partial charge in [-0.25, -0.2) is 17.5 Å². The molecular weight excluding hydrogens is 279 g/mol. The number of nitrogens with one attached hydrogen (secondary N) is 1. The fourth-order valence-corrected chi connectivity index (χ4v) is 3.70. The Hall–Kier alpha value is -1.14. The molecule has 1 aromatic rings. The Kier molecular flexibility index (Phi) is 4.65. The van der Waals surface area contributed by atoms with E-state index in [9.17, 15) is 12.8 Å². The van der Waals surface area contributed by atoms with Crippen LogP contribution in [0.15, 0.2) is 17.0 Å². The van der Waals surface area contributed by atoms with Gasteiger partial charge in [0, 0.05) is 17.8 Å². The number of nitrogens with two attached hydrogens (primary N) is 1. The molecule has 0 atom stereocenters. The van der Waals surface area contributed by atoms with E-state index in [0.29, 0.717) is 12.5 Å². The molecule has 1 aliphatic carbocycles. The SMILES string of the molecule is Cc1c(N)cc(S(=O)(=O)NCCC2CCCC2)cc1F. The van der Waals surface area contributed by atoms with Gasteiger partial charge >= 0.3 is 0 Å². The minimum Gasteiger partial charge on any atom is -0.398 e. The second-order valence-corrected chi connectivity index (χ2v) is 7.22. The van der Waals surface area contributed by atoms with Gasteiger partial charge in [-0.1, -0.05) is 25.7 Å². The van der Waals surface area contributed by atoms with Gasteiger partial charge in [0.1, 0.15) is 5.82 Å². The first-order valence-corrected chi connectivity index (χ1v) is 8.44. The monoisotopic (exact) mass is 300 g/mol. The number of nitrogen functional groups attached to an aromatic ring is 1.